The number of rotatable bonds is 2. The van der Waals surface area contributed by atoms with Crippen molar-refractivity contribution in [2.45, 2.75) is 6.92 Å². The first-order valence-electron chi connectivity index (χ1n) is 5.41. The van der Waals surface area contributed by atoms with Gasteiger partial charge < -0.3 is 5.11 Å². The summed E-state index contributed by atoms with van der Waals surface area (Å²) in [5.41, 5.74) is 1.40. The topological polar surface area (TPSA) is 68.0 Å². The predicted molar refractivity (Wildman–Crippen MR) is 76.1 cm³/mol. The average Bonchev–Trinajstić information content (AvgIpc) is 2.85. The number of carbonyl (C=O) groups is 1. The molecule has 3 aromatic rings. The Morgan fingerprint density at radius 3 is 2.95 bits per heavy atom. The molecule has 19 heavy (non-hydrogen) atoms. The molecule has 0 aliphatic heterocycles. The molecule has 0 unspecified atom stereocenters. The minimum absolute atomic E-state index is 0.0422. The first-order chi connectivity index (χ1) is 9.06. The Balaban J connectivity index is 2.32. The number of hydrogen-bond acceptors (Lipinski definition) is 4. The van der Waals surface area contributed by atoms with E-state index in [1.807, 2.05) is 31.2 Å². The van der Waals surface area contributed by atoms with E-state index in [1.165, 1.54) is 11.3 Å². The Bertz CT molecular complexity index is 793. The summed E-state index contributed by atoms with van der Waals surface area (Å²) in [4.78, 5) is 15.6. The molecule has 0 fully saturated rings. The molecule has 2 aromatic heterocycles. The van der Waals surface area contributed by atoms with Crippen molar-refractivity contribution in [2.24, 2.45) is 0 Å². The first-order valence-corrected chi connectivity index (χ1v) is 7.02. The van der Waals surface area contributed by atoms with Crippen molar-refractivity contribution < 1.29 is 9.90 Å². The summed E-state index contributed by atoms with van der Waals surface area (Å²) < 4.78 is 3.06. The van der Waals surface area contributed by atoms with Crippen LogP contribution in [0.4, 0.5) is 0 Å². The van der Waals surface area contributed by atoms with Crippen molar-refractivity contribution in [3.05, 3.63) is 39.4 Å². The Kier molecular flexibility index (Phi) is 2.87. The van der Waals surface area contributed by atoms with E-state index in [1.54, 1.807) is 4.68 Å². The van der Waals surface area contributed by atoms with Crippen molar-refractivity contribution in [3.63, 3.8) is 0 Å². The smallest absolute Gasteiger partial charge is 0.358 e. The highest BCUT2D eigenvalue weighted by Gasteiger charge is 2.20. The van der Waals surface area contributed by atoms with Crippen molar-refractivity contribution >= 4 is 43.6 Å². The predicted octanol–water partition coefficient (Wildman–Crippen LogP) is 3.25. The number of halogens is 1. The molecule has 7 heteroatoms. The molecular formula is C12H8BrN3O2S. The van der Waals surface area contributed by atoms with Gasteiger partial charge in [0.2, 0.25) is 0 Å². The minimum atomic E-state index is -1.04. The lowest BCUT2D eigenvalue weighted by atomic mass is 10.3. The number of aromatic nitrogens is 3. The van der Waals surface area contributed by atoms with Gasteiger partial charge >= 0.3 is 5.97 Å². The lowest BCUT2D eigenvalue weighted by Gasteiger charge is -2.01. The Morgan fingerprint density at radius 2 is 2.26 bits per heavy atom. The summed E-state index contributed by atoms with van der Waals surface area (Å²) in [6.45, 7) is 1.85. The van der Waals surface area contributed by atoms with Crippen LogP contribution in [-0.4, -0.2) is 25.8 Å². The lowest BCUT2D eigenvalue weighted by Crippen LogP contribution is -2.02. The van der Waals surface area contributed by atoms with E-state index in [9.17, 15) is 9.90 Å². The van der Waals surface area contributed by atoms with Crippen molar-refractivity contribution in [1.82, 2.24) is 14.8 Å². The monoisotopic (exact) mass is 337 g/mol. The van der Waals surface area contributed by atoms with Gasteiger partial charge in [-0.25, -0.2) is 14.5 Å². The molecule has 0 radical (unpaired) electrons. The molecule has 2 heterocycles. The summed E-state index contributed by atoms with van der Waals surface area (Å²) in [6, 6.07) is 7.49. The van der Waals surface area contributed by atoms with Crippen molar-refractivity contribution in [1.29, 1.82) is 0 Å². The number of fused-ring (bicyclic) bond motifs is 1. The quantitative estimate of drug-likeness (QED) is 0.779. The molecule has 3 rings (SSSR count). The molecule has 0 aliphatic rings. The SMILES string of the molecule is Cc1nc2c(s1)c(C(=O)O)nn2-c1cccc(Br)c1. The van der Waals surface area contributed by atoms with Gasteiger partial charge in [-0.1, -0.05) is 22.0 Å². The van der Waals surface area contributed by atoms with Gasteiger partial charge in [-0.3, -0.25) is 0 Å². The molecule has 0 bridgehead atoms. The first kappa shape index (κ1) is 12.3. The number of benzene rings is 1. The molecule has 0 saturated carbocycles. The zero-order chi connectivity index (χ0) is 13.6. The molecule has 5 nitrogen and oxygen atoms in total. The van der Waals surface area contributed by atoms with Crippen LogP contribution in [0.3, 0.4) is 0 Å². The van der Waals surface area contributed by atoms with Crippen LogP contribution in [0.5, 0.6) is 0 Å². The zero-order valence-corrected chi connectivity index (χ0v) is 12.2. The third-order valence-corrected chi connectivity index (χ3v) is 4.05. The fourth-order valence-corrected chi connectivity index (χ4v) is 3.10. The third-order valence-electron chi connectivity index (χ3n) is 2.59. The largest absolute Gasteiger partial charge is 0.476 e. The minimum Gasteiger partial charge on any atom is -0.476 e. The third kappa shape index (κ3) is 2.04. The van der Waals surface area contributed by atoms with E-state index in [0.29, 0.717) is 10.3 Å². The van der Waals surface area contributed by atoms with Crippen LogP contribution in [0.15, 0.2) is 28.7 Å². The van der Waals surface area contributed by atoms with Gasteiger partial charge in [-0.15, -0.1) is 11.3 Å². The van der Waals surface area contributed by atoms with Gasteiger partial charge in [0, 0.05) is 4.47 Å². The molecule has 96 valence electrons. The standard InChI is InChI=1S/C12H8BrN3O2S/c1-6-14-11-10(19-6)9(12(17)18)15-16(11)8-4-2-3-7(13)5-8/h2-5H,1H3,(H,17,18). The van der Waals surface area contributed by atoms with Crippen LogP contribution in [0.2, 0.25) is 0 Å². The van der Waals surface area contributed by atoms with E-state index >= 15 is 0 Å². The number of carboxylic acid groups (broad SMARTS) is 1. The number of nitrogens with zero attached hydrogens (tertiary/aromatic N) is 3. The van der Waals surface area contributed by atoms with Gasteiger partial charge in [0.1, 0.15) is 4.70 Å². The molecule has 0 aliphatic carbocycles. The van der Waals surface area contributed by atoms with E-state index in [2.05, 4.69) is 26.0 Å². The van der Waals surface area contributed by atoms with Gasteiger partial charge in [-0.05, 0) is 25.1 Å². The summed E-state index contributed by atoms with van der Waals surface area (Å²) in [6.07, 6.45) is 0. The molecule has 0 saturated heterocycles. The van der Waals surface area contributed by atoms with Gasteiger partial charge in [-0.2, -0.15) is 5.10 Å². The van der Waals surface area contributed by atoms with E-state index in [4.69, 9.17) is 0 Å². The fraction of sp³-hybridized carbons (Fsp3) is 0.0833. The van der Waals surface area contributed by atoms with Crippen LogP contribution < -0.4 is 0 Å². The van der Waals surface area contributed by atoms with Crippen LogP contribution in [0.1, 0.15) is 15.5 Å². The van der Waals surface area contributed by atoms with Crippen LogP contribution in [0, 0.1) is 6.92 Å². The highest BCUT2D eigenvalue weighted by molar-refractivity contribution is 9.10. The summed E-state index contributed by atoms with van der Waals surface area (Å²) in [5.74, 6) is -1.04. The molecule has 0 amide bonds. The zero-order valence-electron chi connectivity index (χ0n) is 9.79. The van der Waals surface area contributed by atoms with Crippen molar-refractivity contribution in [3.8, 4) is 5.69 Å². The van der Waals surface area contributed by atoms with Crippen molar-refractivity contribution in [2.75, 3.05) is 0 Å². The maximum Gasteiger partial charge on any atom is 0.358 e. The van der Waals surface area contributed by atoms with Crippen LogP contribution in [-0.2, 0) is 0 Å². The molecule has 0 spiro atoms. The van der Waals surface area contributed by atoms with Crippen LogP contribution in [0.25, 0.3) is 16.0 Å². The maximum atomic E-state index is 11.2. The second-order valence-electron chi connectivity index (χ2n) is 3.93. The second kappa shape index (κ2) is 4.43. The maximum absolute atomic E-state index is 11.2. The van der Waals surface area contributed by atoms with E-state index in [0.717, 1.165) is 15.2 Å². The average molecular weight is 338 g/mol. The Labute approximate surface area is 120 Å². The van der Waals surface area contributed by atoms with Gasteiger partial charge in [0.15, 0.2) is 11.3 Å². The number of hydrogen-bond donors (Lipinski definition) is 1. The summed E-state index contributed by atoms with van der Waals surface area (Å²) in [5, 5.41) is 14.2. The molecule has 1 N–H and O–H groups in total. The highest BCUT2D eigenvalue weighted by atomic mass is 79.9. The Morgan fingerprint density at radius 1 is 1.47 bits per heavy atom. The van der Waals surface area contributed by atoms with Gasteiger partial charge in [0.05, 0.1) is 10.7 Å². The highest BCUT2D eigenvalue weighted by Crippen LogP contribution is 2.28. The number of carboxylic acids is 1. The fourth-order valence-electron chi connectivity index (χ4n) is 1.83. The summed E-state index contributed by atoms with van der Waals surface area (Å²) in [7, 11) is 0. The van der Waals surface area contributed by atoms with E-state index in [-0.39, 0.29) is 5.69 Å². The summed E-state index contributed by atoms with van der Waals surface area (Å²) >= 11 is 4.73. The molecular weight excluding hydrogens is 330 g/mol. The molecule has 0 atom stereocenters. The lowest BCUT2D eigenvalue weighted by molar-refractivity contribution is 0.0692. The normalized spacial score (nSPS) is 11.1. The number of aromatic carboxylic acids is 1. The van der Waals surface area contributed by atoms with Crippen LogP contribution >= 0.6 is 27.3 Å². The van der Waals surface area contributed by atoms with E-state index < -0.39 is 5.97 Å². The Hall–Kier alpha value is -1.73. The molecule has 1 aromatic carbocycles. The number of aryl methyl sites for hydroxylation is 1. The second-order valence-corrected chi connectivity index (χ2v) is 6.05. The van der Waals surface area contributed by atoms with Gasteiger partial charge in [0.25, 0.3) is 0 Å². The number of thiazole rings is 1.